The number of carboxylic acids is 1. The van der Waals surface area contributed by atoms with E-state index in [0.717, 1.165) is 0 Å². The normalized spacial score (nSPS) is 13.0. The van der Waals surface area contributed by atoms with E-state index in [-0.39, 0.29) is 5.92 Å². The lowest BCUT2D eigenvalue weighted by atomic mass is 9.97. The highest BCUT2D eigenvalue weighted by Gasteiger charge is 2.33. The van der Waals surface area contributed by atoms with Crippen molar-refractivity contribution in [2.75, 3.05) is 7.05 Å². The van der Waals surface area contributed by atoms with Crippen LogP contribution in [0.15, 0.2) is 0 Å². The molecule has 0 radical (unpaired) electrons. The zero-order chi connectivity index (χ0) is 15.4. The van der Waals surface area contributed by atoms with Gasteiger partial charge >= 0.3 is 12.1 Å². The molecule has 19 heavy (non-hydrogen) atoms. The van der Waals surface area contributed by atoms with E-state index in [1.807, 2.05) is 0 Å². The Hall–Kier alpha value is -1.59. The molecule has 1 N–H and O–H groups in total. The van der Waals surface area contributed by atoms with Crippen LogP contribution in [0.3, 0.4) is 0 Å². The maximum atomic E-state index is 11.9. The first-order chi connectivity index (χ1) is 8.45. The fourth-order valence-corrected chi connectivity index (χ4v) is 1.74. The van der Waals surface area contributed by atoms with Gasteiger partial charge in [0.25, 0.3) is 0 Å². The minimum absolute atomic E-state index is 0.190. The van der Waals surface area contributed by atoms with Gasteiger partial charge in [-0.1, -0.05) is 13.8 Å². The monoisotopic (exact) mass is 273 g/mol. The van der Waals surface area contributed by atoms with Gasteiger partial charge in [0, 0.05) is 7.05 Å². The van der Waals surface area contributed by atoms with E-state index in [2.05, 4.69) is 0 Å². The first-order valence-electron chi connectivity index (χ1n) is 6.16. The number of likely N-dealkylation sites (N-methyl/N-ethyl adjacent to an activating group) is 1. The van der Waals surface area contributed by atoms with Gasteiger partial charge in [0.05, 0.1) is 6.04 Å². The molecule has 6 nitrogen and oxygen atoms in total. The van der Waals surface area contributed by atoms with Crippen molar-refractivity contribution in [1.29, 1.82) is 0 Å². The molecule has 1 atom stereocenters. The average molecular weight is 273 g/mol. The minimum atomic E-state index is -1.20. The molecular formula is C13H23NO5. The Morgan fingerprint density at radius 1 is 1.21 bits per heavy atom. The number of hydrogen-bond donors (Lipinski definition) is 1. The molecule has 110 valence electrons. The van der Waals surface area contributed by atoms with Crippen molar-refractivity contribution < 1.29 is 24.2 Å². The number of amides is 1. The van der Waals surface area contributed by atoms with Crippen LogP contribution in [-0.4, -0.2) is 46.5 Å². The molecule has 0 aromatic heterocycles. The number of ether oxygens (including phenoxy) is 1. The molecule has 0 aromatic rings. The maximum Gasteiger partial charge on any atom is 0.410 e. The highest BCUT2D eigenvalue weighted by Crippen LogP contribution is 2.16. The van der Waals surface area contributed by atoms with Crippen LogP contribution in [0.4, 0.5) is 4.79 Å². The smallest absolute Gasteiger partial charge is 0.410 e. The third-order valence-corrected chi connectivity index (χ3v) is 2.39. The molecule has 0 aromatic carbocycles. The zero-order valence-electron chi connectivity index (χ0n) is 12.4. The largest absolute Gasteiger partial charge is 0.481 e. The molecule has 0 saturated carbocycles. The summed E-state index contributed by atoms with van der Waals surface area (Å²) in [5.41, 5.74) is -0.664. The predicted octanol–water partition coefficient (Wildman–Crippen LogP) is 1.92. The summed E-state index contributed by atoms with van der Waals surface area (Å²) < 4.78 is 5.17. The summed E-state index contributed by atoms with van der Waals surface area (Å²) in [6.45, 7) is 8.68. The lowest BCUT2D eigenvalue weighted by Gasteiger charge is -2.31. The highest BCUT2D eigenvalue weighted by molar-refractivity contribution is 5.99. The fraction of sp³-hybridized carbons (Fsp3) is 0.769. The van der Waals surface area contributed by atoms with E-state index in [9.17, 15) is 14.4 Å². The number of nitrogens with zero attached hydrogens (tertiary/aromatic N) is 1. The number of Topliss-reactive ketones (excluding diaryl/α,β-unsaturated/α-hetero) is 1. The zero-order valence-corrected chi connectivity index (χ0v) is 12.4. The Labute approximate surface area is 113 Å². The molecule has 0 bridgehead atoms. The van der Waals surface area contributed by atoms with E-state index < -0.39 is 35.9 Å². The summed E-state index contributed by atoms with van der Waals surface area (Å²) in [6, 6.07) is -0.800. The van der Waals surface area contributed by atoms with Crippen molar-refractivity contribution in [1.82, 2.24) is 4.90 Å². The van der Waals surface area contributed by atoms with Crippen LogP contribution in [-0.2, 0) is 14.3 Å². The molecule has 0 rings (SSSR count). The van der Waals surface area contributed by atoms with Gasteiger partial charge in [-0.15, -0.1) is 0 Å². The maximum absolute atomic E-state index is 11.9. The van der Waals surface area contributed by atoms with E-state index in [1.54, 1.807) is 34.6 Å². The Morgan fingerprint density at radius 2 is 1.68 bits per heavy atom. The van der Waals surface area contributed by atoms with Crippen LogP contribution in [0.5, 0.6) is 0 Å². The number of carboxylic acid groups (broad SMARTS) is 1. The van der Waals surface area contributed by atoms with Crippen LogP contribution < -0.4 is 0 Å². The predicted molar refractivity (Wildman–Crippen MR) is 69.9 cm³/mol. The van der Waals surface area contributed by atoms with E-state index in [4.69, 9.17) is 9.84 Å². The van der Waals surface area contributed by atoms with E-state index in [1.165, 1.54) is 11.9 Å². The Bertz CT molecular complexity index is 357. The van der Waals surface area contributed by atoms with E-state index in [0.29, 0.717) is 0 Å². The van der Waals surface area contributed by atoms with Crippen molar-refractivity contribution in [2.24, 2.45) is 5.92 Å². The molecule has 0 spiro atoms. The second-order valence-electron chi connectivity index (χ2n) is 5.82. The second-order valence-corrected chi connectivity index (χ2v) is 5.82. The third-order valence-electron chi connectivity index (χ3n) is 2.39. The quantitative estimate of drug-likeness (QED) is 0.774. The fourth-order valence-electron chi connectivity index (χ4n) is 1.74. The average Bonchev–Trinajstić information content (AvgIpc) is 2.12. The number of carbonyl (C=O) groups is 3. The molecule has 0 aliphatic heterocycles. The van der Waals surface area contributed by atoms with Crippen molar-refractivity contribution in [3.8, 4) is 0 Å². The molecule has 0 aliphatic rings. The Kier molecular flexibility index (Phi) is 5.99. The van der Waals surface area contributed by atoms with Crippen LogP contribution >= 0.6 is 0 Å². The molecule has 0 saturated heterocycles. The molecule has 0 aliphatic carbocycles. The van der Waals surface area contributed by atoms with Crippen molar-refractivity contribution >= 4 is 17.8 Å². The van der Waals surface area contributed by atoms with Crippen LogP contribution in [0.25, 0.3) is 0 Å². The highest BCUT2D eigenvalue weighted by atomic mass is 16.6. The lowest BCUT2D eigenvalue weighted by Crippen LogP contribution is -2.48. The van der Waals surface area contributed by atoms with Crippen LogP contribution in [0.1, 0.15) is 41.0 Å². The molecular weight excluding hydrogens is 250 g/mol. The number of aliphatic carboxylic acids is 1. The first kappa shape index (κ1) is 17.4. The van der Waals surface area contributed by atoms with Crippen molar-refractivity contribution in [2.45, 2.75) is 52.7 Å². The standard InChI is InChI=1S/C13H23NO5/c1-8(2)11(9(15)7-10(16)17)14(6)12(18)19-13(3,4)5/h8,11H,7H2,1-6H3,(H,16,17). The van der Waals surface area contributed by atoms with Crippen LogP contribution in [0, 0.1) is 5.92 Å². The van der Waals surface area contributed by atoms with Gasteiger partial charge in [-0.25, -0.2) is 4.79 Å². The molecule has 0 heterocycles. The van der Waals surface area contributed by atoms with Gasteiger partial charge in [0.15, 0.2) is 5.78 Å². The number of rotatable bonds is 5. The minimum Gasteiger partial charge on any atom is -0.481 e. The van der Waals surface area contributed by atoms with Crippen molar-refractivity contribution in [3.63, 3.8) is 0 Å². The number of carbonyl (C=O) groups excluding carboxylic acids is 2. The van der Waals surface area contributed by atoms with Crippen molar-refractivity contribution in [3.05, 3.63) is 0 Å². The molecule has 0 fully saturated rings. The first-order valence-corrected chi connectivity index (χ1v) is 6.16. The molecule has 1 amide bonds. The Morgan fingerprint density at radius 3 is 2.00 bits per heavy atom. The second kappa shape index (κ2) is 6.54. The van der Waals surface area contributed by atoms with Gasteiger partial charge in [-0.3, -0.25) is 9.59 Å². The Balaban J connectivity index is 4.94. The van der Waals surface area contributed by atoms with Gasteiger partial charge < -0.3 is 14.7 Å². The van der Waals surface area contributed by atoms with Crippen LogP contribution in [0.2, 0.25) is 0 Å². The van der Waals surface area contributed by atoms with E-state index >= 15 is 0 Å². The summed E-state index contributed by atoms with van der Waals surface area (Å²) in [5, 5.41) is 8.67. The summed E-state index contributed by atoms with van der Waals surface area (Å²) in [5.74, 6) is -1.89. The molecule has 6 heteroatoms. The van der Waals surface area contributed by atoms with Gasteiger partial charge in [0.1, 0.15) is 12.0 Å². The lowest BCUT2D eigenvalue weighted by molar-refractivity contribution is -0.141. The molecule has 1 unspecified atom stereocenters. The number of hydrogen-bond acceptors (Lipinski definition) is 4. The number of ketones is 1. The van der Waals surface area contributed by atoms with Gasteiger partial charge in [0.2, 0.25) is 0 Å². The summed E-state index contributed by atoms with van der Waals surface area (Å²) in [6.07, 6.45) is -1.24. The topological polar surface area (TPSA) is 83.9 Å². The summed E-state index contributed by atoms with van der Waals surface area (Å²) in [4.78, 5) is 35.5. The summed E-state index contributed by atoms with van der Waals surface area (Å²) in [7, 11) is 1.44. The third kappa shape index (κ3) is 6.22. The van der Waals surface area contributed by atoms with Gasteiger partial charge in [-0.2, -0.15) is 0 Å². The van der Waals surface area contributed by atoms with Gasteiger partial charge in [-0.05, 0) is 26.7 Å². The SMILES string of the molecule is CC(C)C(C(=O)CC(=O)O)N(C)C(=O)OC(C)(C)C. The summed E-state index contributed by atoms with van der Waals surface area (Å²) >= 11 is 0.